The molecule has 2 N–H and O–H groups in total. The number of aliphatic hydroxyl groups is 1. The number of nitrogens with zero attached hydrogens (tertiary/aromatic N) is 4. The van der Waals surface area contributed by atoms with Crippen LogP contribution in [0.2, 0.25) is 0 Å². The Bertz CT molecular complexity index is 1260. The molecule has 0 aliphatic heterocycles. The zero-order valence-electron chi connectivity index (χ0n) is 23.3. The van der Waals surface area contributed by atoms with Gasteiger partial charge in [-0.25, -0.2) is 8.42 Å². The summed E-state index contributed by atoms with van der Waals surface area (Å²) in [5.41, 5.74) is 0.650. The first kappa shape index (κ1) is 31.6. The molecule has 2 aromatic rings. The molecule has 2 rings (SSSR count). The lowest BCUT2D eigenvalue weighted by Gasteiger charge is -2.27. The Morgan fingerprint density at radius 1 is 1.05 bits per heavy atom. The van der Waals surface area contributed by atoms with Crippen LogP contribution in [0, 0.1) is 19.8 Å². The van der Waals surface area contributed by atoms with Gasteiger partial charge in [-0.3, -0.25) is 9.36 Å². The van der Waals surface area contributed by atoms with E-state index in [-0.39, 0.29) is 60.1 Å². The fourth-order valence-electron chi connectivity index (χ4n) is 4.25. The number of rotatable bonds is 15. The minimum absolute atomic E-state index is 0.0286. The predicted octanol–water partition coefficient (Wildman–Crippen LogP) is 4.82. The van der Waals surface area contributed by atoms with E-state index in [0.717, 1.165) is 23.8 Å². The molecular formula is C27H42N4O6S. The number of azo groups is 1. The van der Waals surface area contributed by atoms with Crippen LogP contribution in [0.3, 0.4) is 0 Å². The number of pyridine rings is 1. The highest BCUT2D eigenvalue weighted by atomic mass is 32.2. The number of sulfonamides is 1. The molecule has 0 aliphatic rings. The Balaban J connectivity index is 2.44. The number of aliphatic hydroxyl groups excluding tert-OH is 1. The van der Waals surface area contributed by atoms with Gasteiger partial charge in [-0.2, -0.15) is 4.31 Å². The number of benzene rings is 1. The van der Waals surface area contributed by atoms with Gasteiger partial charge in [0.05, 0.1) is 26.4 Å². The largest absolute Gasteiger partial charge is 0.493 e. The molecule has 1 aromatic carbocycles. The van der Waals surface area contributed by atoms with Crippen LogP contribution in [0.1, 0.15) is 58.1 Å². The molecule has 1 atom stereocenters. The van der Waals surface area contributed by atoms with Crippen molar-refractivity contribution in [1.82, 2.24) is 8.87 Å². The monoisotopic (exact) mass is 550 g/mol. The zero-order chi connectivity index (χ0) is 28.5. The minimum atomic E-state index is -3.87. The average Bonchev–Trinajstić information content (AvgIpc) is 2.87. The van der Waals surface area contributed by atoms with Gasteiger partial charge in [0.15, 0.2) is 0 Å². The van der Waals surface area contributed by atoms with Crippen LogP contribution in [0.5, 0.6) is 5.88 Å². The average molecular weight is 551 g/mol. The molecule has 11 heteroatoms. The van der Waals surface area contributed by atoms with Crippen LogP contribution in [0.25, 0.3) is 0 Å². The second-order valence-corrected chi connectivity index (χ2v) is 11.6. The van der Waals surface area contributed by atoms with Gasteiger partial charge in [0, 0.05) is 18.2 Å². The summed E-state index contributed by atoms with van der Waals surface area (Å²) in [6.45, 7) is 11.8. The van der Waals surface area contributed by atoms with E-state index in [4.69, 9.17) is 9.84 Å². The first-order chi connectivity index (χ1) is 18.0. The van der Waals surface area contributed by atoms with Crippen LogP contribution in [-0.2, 0) is 21.3 Å². The smallest absolute Gasteiger partial charge is 0.256 e. The van der Waals surface area contributed by atoms with Crippen molar-refractivity contribution in [3.05, 3.63) is 45.7 Å². The van der Waals surface area contributed by atoms with E-state index in [1.807, 2.05) is 13.8 Å². The molecule has 1 heterocycles. The topological polar surface area (TPSA) is 134 Å². The molecule has 0 fully saturated rings. The van der Waals surface area contributed by atoms with E-state index in [0.29, 0.717) is 23.6 Å². The molecule has 212 valence electrons. The lowest BCUT2D eigenvalue weighted by Crippen LogP contribution is -2.38. The van der Waals surface area contributed by atoms with E-state index >= 15 is 0 Å². The number of hydrogen-bond acceptors (Lipinski definition) is 8. The Morgan fingerprint density at radius 2 is 1.74 bits per heavy atom. The summed E-state index contributed by atoms with van der Waals surface area (Å²) in [6.07, 6.45) is 2.72. The van der Waals surface area contributed by atoms with Gasteiger partial charge in [-0.1, -0.05) is 45.7 Å². The third-order valence-corrected chi connectivity index (χ3v) is 8.70. The van der Waals surface area contributed by atoms with Crippen molar-refractivity contribution in [1.29, 1.82) is 0 Å². The van der Waals surface area contributed by atoms with Crippen molar-refractivity contribution in [3.8, 4) is 5.88 Å². The maximum Gasteiger partial charge on any atom is 0.256 e. The van der Waals surface area contributed by atoms with Crippen LogP contribution in [0.4, 0.5) is 11.4 Å². The van der Waals surface area contributed by atoms with Crippen molar-refractivity contribution < 1.29 is 23.4 Å². The highest BCUT2D eigenvalue weighted by Gasteiger charge is 2.30. The third-order valence-electron chi connectivity index (χ3n) is 6.56. The van der Waals surface area contributed by atoms with E-state index in [2.05, 4.69) is 24.1 Å². The molecule has 0 amide bonds. The highest BCUT2D eigenvalue weighted by Crippen LogP contribution is 2.34. The SMILES string of the molecule is CCN(C(C)CCCC(C)C)S(=O)(=O)c1ccccc1/N=N/c1c(C)c(C)c(=O)n(CCOCCO)c1O. The fourth-order valence-corrected chi connectivity index (χ4v) is 6.05. The summed E-state index contributed by atoms with van der Waals surface area (Å²) in [7, 11) is -3.87. The minimum Gasteiger partial charge on any atom is -0.493 e. The Labute approximate surface area is 226 Å². The van der Waals surface area contributed by atoms with Gasteiger partial charge < -0.3 is 14.9 Å². The number of aromatic hydroxyl groups is 1. The van der Waals surface area contributed by atoms with E-state index in [9.17, 15) is 18.3 Å². The van der Waals surface area contributed by atoms with Crippen LogP contribution in [-0.4, -0.2) is 59.9 Å². The first-order valence-electron chi connectivity index (χ1n) is 13.1. The summed E-state index contributed by atoms with van der Waals surface area (Å²) in [5, 5.41) is 28.1. The molecule has 0 saturated carbocycles. The number of ether oxygens (including phenoxy) is 1. The normalized spacial score (nSPS) is 13.2. The summed E-state index contributed by atoms with van der Waals surface area (Å²) >= 11 is 0. The van der Waals surface area contributed by atoms with E-state index in [1.54, 1.807) is 32.0 Å². The van der Waals surface area contributed by atoms with Crippen LogP contribution in [0.15, 0.2) is 44.2 Å². The van der Waals surface area contributed by atoms with E-state index < -0.39 is 10.0 Å². The molecular weight excluding hydrogens is 508 g/mol. The van der Waals surface area contributed by atoms with Crippen LogP contribution >= 0.6 is 0 Å². The van der Waals surface area contributed by atoms with Gasteiger partial charge in [0.25, 0.3) is 5.56 Å². The molecule has 38 heavy (non-hydrogen) atoms. The third kappa shape index (κ3) is 7.72. The van der Waals surface area contributed by atoms with Crippen molar-refractivity contribution in [2.75, 3.05) is 26.4 Å². The fraction of sp³-hybridized carbons (Fsp3) is 0.593. The van der Waals surface area contributed by atoms with Crippen molar-refractivity contribution in [2.24, 2.45) is 16.1 Å². The number of aromatic nitrogens is 1. The van der Waals surface area contributed by atoms with Gasteiger partial charge in [-0.15, -0.1) is 10.2 Å². The van der Waals surface area contributed by atoms with Crippen molar-refractivity contribution >= 4 is 21.4 Å². The summed E-state index contributed by atoms with van der Waals surface area (Å²) < 4.78 is 35.2. The Morgan fingerprint density at radius 3 is 2.37 bits per heavy atom. The molecule has 0 bridgehead atoms. The van der Waals surface area contributed by atoms with Gasteiger partial charge in [0.1, 0.15) is 16.3 Å². The molecule has 1 unspecified atom stereocenters. The lowest BCUT2D eigenvalue weighted by molar-refractivity contribution is 0.0854. The Kier molecular flexibility index (Phi) is 12.1. The molecule has 10 nitrogen and oxygen atoms in total. The van der Waals surface area contributed by atoms with E-state index in [1.165, 1.54) is 10.4 Å². The standard InChI is InChI=1S/C27H42N4O6S/c1-7-31(20(4)12-10-11-19(2)3)38(35,36)24-14-9-8-13-23(24)28-29-25-21(5)22(6)26(33)30(27(25)34)15-17-37-18-16-32/h8-9,13-14,19-20,32,34H,7,10-12,15-18H2,1-6H3/b29-28+. The molecule has 0 saturated heterocycles. The zero-order valence-corrected chi connectivity index (χ0v) is 24.2. The molecule has 0 spiro atoms. The summed E-state index contributed by atoms with van der Waals surface area (Å²) in [6, 6.07) is 6.20. The summed E-state index contributed by atoms with van der Waals surface area (Å²) in [5.74, 6) is 0.171. The van der Waals surface area contributed by atoms with Crippen LogP contribution < -0.4 is 5.56 Å². The first-order valence-corrected chi connectivity index (χ1v) is 14.5. The second kappa shape index (κ2) is 14.5. The molecule has 1 aromatic heterocycles. The highest BCUT2D eigenvalue weighted by molar-refractivity contribution is 7.89. The van der Waals surface area contributed by atoms with Gasteiger partial charge >= 0.3 is 0 Å². The maximum atomic E-state index is 13.7. The maximum absolute atomic E-state index is 13.7. The van der Waals surface area contributed by atoms with Gasteiger partial charge in [0.2, 0.25) is 15.9 Å². The summed E-state index contributed by atoms with van der Waals surface area (Å²) in [4.78, 5) is 12.7. The molecule has 0 radical (unpaired) electrons. The molecule has 0 aliphatic carbocycles. The lowest BCUT2D eigenvalue weighted by atomic mass is 10.0. The quantitative estimate of drug-likeness (QED) is 0.241. The van der Waals surface area contributed by atoms with Crippen molar-refractivity contribution in [2.45, 2.75) is 78.3 Å². The Hall–Kier alpha value is -2.60. The predicted molar refractivity (Wildman–Crippen MR) is 148 cm³/mol. The van der Waals surface area contributed by atoms with Crippen molar-refractivity contribution in [3.63, 3.8) is 0 Å². The second-order valence-electron chi connectivity index (χ2n) is 9.76. The number of hydrogen-bond donors (Lipinski definition) is 2. The van der Waals surface area contributed by atoms with Gasteiger partial charge in [-0.05, 0) is 50.8 Å².